The zero-order valence-electron chi connectivity index (χ0n) is 18.2. The fourth-order valence-corrected chi connectivity index (χ4v) is 3.81. The van der Waals surface area contributed by atoms with Crippen LogP contribution in [0.1, 0.15) is 65.7 Å². The predicted octanol–water partition coefficient (Wildman–Crippen LogP) is 2.17. The van der Waals surface area contributed by atoms with Crippen molar-refractivity contribution in [3.8, 4) is 0 Å². The van der Waals surface area contributed by atoms with Crippen LogP contribution in [-0.4, -0.2) is 46.5 Å². The summed E-state index contributed by atoms with van der Waals surface area (Å²) in [6, 6.07) is 0. The standard InChI is InChI=1S/C21H37N5O3/c1-4-5-13-25(17(27)15-24-11-9-7-6-8-10-12-24)18-19(22)26(14-16(2)3)21(29)23-20(18)28/h16H,4-15,22H2,1-3H3,(H,23,28,29). The molecule has 1 fully saturated rings. The van der Waals surface area contributed by atoms with E-state index in [0.29, 0.717) is 13.1 Å². The van der Waals surface area contributed by atoms with Gasteiger partial charge in [-0.1, -0.05) is 46.5 Å². The highest BCUT2D eigenvalue weighted by molar-refractivity contribution is 5.96. The molecular weight excluding hydrogens is 370 g/mol. The Kier molecular flexibility index (Phi) is 8.95. The second-order valence-corrected chi connectivity index (χ2v) is 8.44. The van der Waals surface area contributed by atoms with E-state index < -0.39 is 11.2 Å². The Hall–Kier alpha value is -2.09. The van der Waals surface area contributed by atoms with Crippen molar-refractivity contribution in [3.63, 3.8) is 0 Å². The zero-order valence-corrected chi connectivity index (χ0v) is 18.2. The van der Waals surface area contributed by atoms with Crippen molar-refractivity contribution < 1.29 is 4.79 Å². The molecule has 2 heterocycles. The molecule has 29 heavy (non-hydrogen) atoms. The van der Waals surface area contributed by atoms with Crippen molar-refractivity contribution in [1.29, 1.82) is 0 Å². The van der Waals surface area contributed by atoms with Gasteiger partial charge in [0.2, 0.25) is 5.91 Å². The van der Waals surface area contributed by atoms with Crippen molar-refractivity contribution in [1.82, 2.24) is 14.5 Å². The molecule has 0 saturated carbocycles. The van der Waals surface area contributed by atoms with Gasteiger partial charge in [-0.3, -0.25) is 24.0 Å². The van der Waals surface area contributed by atoms with Gasteiger partial charge in [0, 0.05) is 13.1 Å². The summed E-state index contributed by atoms with van der Waals surface area (Å²) in [7, 11) is 0. The van der Waals surface area contributed by atoms with E-state index in [2.05, 4.69) is 9.88 Å². The fourth-order valence-electron chi connectivity index (χ4n) is 3.81. The number of hydrogen-bond acceptors (Lipinski definition) is 5. The summed E-state index contributed by atoms with van der Waals surface area (Å²) >= 11 is 0. The topological polar surface area (TPSA) is 104 Å². The van der Waals surface area contributed by atoms with E-state index in [1.165, 1.54) is 28.7 Å². The highest BCUT2D eigenvalue weighted by Crippen LogP contribution is 2.19. The van der Waals surface area contributed by atoms with Crippen LogP contribution in [0.5, 0.6) is 0 Å². The van der Waals surface area contributed by atoms with Crippen molar-refractivity contribution >= 4 is 17.4 Å². The number of carbonyl (C=O) groups excluding carboxylic acids is 1. The van der Waals surface area contributed by atoms with Crippen LogP contribution in [0.25, 0.3) is 0 Å². The predicted molar refractivity (Wildman–Crippen MR) is 117 cm³/mol. The third kappa shape index (κ3) is 6.45. The van der Waals surface area contributed by atoms with Crippen LogP contribution >= 0.6 is 0 Å². The minimum atomic E-state index is -0.593. The minimum absolute atomic E-state index is 0.0737. The molecule has 1 aliphatic rings. The first-order chi connectivity index (χ1) is 13.8. The van der Waals surface area contributed by atoms with Gasteiger partial charge in [0.05, 0.1) is 6.54 Å². The van der Waals surface area contributed by atoms with Gasteiger partial charge in [0.15, 0.2) is 5.69 Å². The molecule has 0 spiro atoms. The molecule has 1 amide bonds. The van der Waals surface area contributed by atoms with Gasteiger partial charge < -0.3 is 10.6 Å². The Bertz CT molecular complexity index is 776. The number of nitrogens with one attached hydrogen (secondary N) is 1. The molecule has 1 aromatic heterocycles. The second-order valence-electron chi connectivity index (χ2n) is 8.44. The van der Waals surface area contributed by atoms with Crippen LogP contribution in [0.2, 0.25) is 0 Å². The van der Waals surface area contributed by atoms with Crippen LogP contribution < -0.4 is 21.9 Å². The molecule has 0 unspecified atom stereocenters. The number of nitrogens with two attached hydrogens (primary N) is 1. The molecule has 8 nitrogen and oxygen atoms in total. The van der Waals surface area contributed by atoms with Gasteiger partial charge in [-0.25, -0.2) is 4.79 Å². The molecule has 0 aliphatic carbocycles. The van der Waals surface area contributed by atoms with Crippen LogP contribution in [0.3, 0.4) is 0 Å². The first-order valence-electron chi connectivity index (χ1n) is 11.0. The van der Waals surface area contributed by atoms with Gasteiger partial charge in [-0.15, -0.1) is 0 Å². The third-order valence-corrected chi connectivity index (χ3v) is 5.38. The molecule has 3 N–H and O–H groups in total. The Balaban J connectivity index is 2.34. The Morgan fingerprint density at radius 3 is 2.34 bits per heavy atom. The lowest BCUT2D eigenvalue weighted by atomic mass is 10.1. The first kappa shape index (κ1) is 23.2. The highest BCUT2D eigenvalue weighted by atomic mass is 16.2. The monoisotopic (exact) mass is 407 g/mol. The number of nitrogen functional groups attached to an aromatic ring is 1. The number of anilines is 2. The zero-order chi connectivity index (χ0) is 21.4. The molecule has 2 rings (SSSR count). The smallest absolute Gasteiger partial charge is 0.330 e. The number of aromatic amines is 1. The average Bonchev–Trinajstić information content (AvgIpc) is 2.63. The van der Waals surface area contributed by atoms with Crippen LogP contribution in [0, 0.1) is 5.92 Å². The molecule has 1 aliphatic heterocycles. The molecule has 0 bridgehead atoms. The summed E-state index contributed by atoms with van der Waals surface area (Å²) < 4.78 is 1.36. The van der Waals surface area contributed by atoms with Gasteiger partial charge >= 0.3 is 5.69 Å². The quantitative estimate of drug-likeness (QED) is 0.687. The van der Waals surface area contributed by atoms with E-state index in [1.54, 1.807) is 0 Å². The number of unbranched alkanes of at least 4 members (excludes halogenated alkanes) is 1. The molecule has 0 aromatic carbocycles. The number of rotatable bonds is 8. The van der Waals surface area contributed by atoms with E-state index >= 15 is 0 Å². The minimum Gasteiger partial charge on any atom is -0.383 e. The molecule has 0 atom stereocenters. The Morgan fingerprint density at radius 1 is 1.14 bits per heavy atom. The molecular formula is C21H37N5O3. The second kappa shape index (κ2) is 11.2. The first-order valence-corrected chi connectivity index (χ1v) is 11.0. The summed E-state index contributed by atoms with van der Waals surface area (Å²) in [5.74, 6) is 0.116. The molecule has 164 valence electrons. The maximum Gasteiger partial charge on any atom is 0.330 e. The SMILES string of the molecule is CCCCN(C(=O)CN1CCCCCCC1)c1c(N)n(CC(C)C)c(=O)[nH]c1=O. The van der Waals surface area contributed by atoms with Gasteiger partial charge in [-0.05, 0) is 38.3 Å². The van der Waals surface area contributed by atoms with E-state index in [-0.39, 0.29) is 29.9 Å². The maximum atomic E-state index is 13.2. The highest BCUT2D eigenvalue weighted by Gasteiger charge is 2.25. The van der Waals surface area contributed by atoms with Crippen molar-refractivity contribution in [2.75, 3.05) is 36.8 Å². The Labute approximate surface area is 173 Å². The number of nitrogens with zero attached hydrogens (tertiary/aromatic N) is 3. The van der Waals surface area contributed by atoms with Gasteiger partial charge in [0.25, 0.3) is 5.56 Å². The normalized spacial score (nSPS) is 15.9. The summed E-state index contributed by atoms with van der Waals surface area (Å²) in [6.45, 7) is 8.84. The van der Waals surface area contributed by atoms with Crippen LogP contribution in [0.4, 0.5) is 11.5 Å². The maximum absolute atomic E-state index is 13.2. The van der Waals surface area contributed by atoms with Crippen LogP contribution in [0.15, 0.2) is 9.59 Å². The number of amides is 1. The van der Waals surface area contributed by atoms with Crippen molar-refractivity contribution in [2.45, 2.75) is 72.3 Å². The van der Waals surface area contributed by atoms with E-state index in [1.807, 2.05) is 20.8 Å². The number of likely N-dealkylation sites (tertiary alicyclic amines) is 1. The van der Waals surface area contributed by atoms with Crippen molar-refractivity contribution in [3.05, 3.63) is 20.8 Å². The summed E-state index contributed by atoms with van der Waals surface area (Å²) in [5, 5.41) is 0. The lowest BCUT2D eigenvalue weighted by Crippen LogP contribution is -2.46. The van der Waals surface area contributed by atoms with E-state index in [9.17, 15) is 14.4 Å². The molecule has 1 aromatic rings. The fraction of sp³-hybridized carbons (Fsp3) is 0.762. The number of hydrogen-bond donors (Lipinski definition) is 2. The van der Waals surface area contributed by atoms with Gasteiger partial charge in [-0.2, -0.15) is 0 Å². The summed E-state index contributed by atoms with van der Waals surface area (Å²) in [4.78, 5) is 44.1. The summed E-state index contributed by atoms with van der Waals surface area (Å²) in [6.07, 6.45) is 7.46. The lowest BCUT2D eigenvalue weighted by molar-refractivity contribution is -0.119. The lowest BCUT2D eigenvalue weighted by Gasteiger charge is -2.29. The largest absolute Gasteiger partial charge is 0.383 e. The molecule has 8 heteroatoms. The molecule has 0 radical (unpaired) electrons. The summed E-state index contributed by atoms with van der Waals surface area (Å²) in [5.41, 5.74) is 5.24. The number of H-pyrrole nitrogens is 1. The average molecular weight is 408 g/mol. The molecule has 1 saturated heterocycles. The third-order valence-electron chi connectivity index (χ3n) is 5.38. The Morgan fingerprint density at radius 2 is 1.76 bits per heavy atom. The van der Waals surface area contributed by atoms with Crippen molar-refractivity contribution in [2.24, 2.45) is 5.92 Å². The number of aromatic nitrogens is 2. The van der Waals surface area contributed by atoms with Gasteiger partial charge in [0.1, 0.15) is 5.82 Å². The van der Waals surface area contributed by atoms with E-state index in [0.717, 1.165) is 38.8 Å². The van der Waals surface area contributed by atoms with E-state index in [4.69, 9.17) is 5.73 Å². The number of carbonyl (C=O) groups is 1. The van der Waals surface area contributed by atoms with Crippen LogP contribution in [-0.2, 0) is 11.3 Å².